The summed E-state index contributed by atoms with van der Waals surface area (Å²) in [5.74, 6) is 0.374. The fourth-order valence-corrected chi connectivity index (χ4v) is 3.93. The molecule has 6 N–H and O–H groups in total. The average Bonchev–Trinajstić information content (AvgIpc) is 3.17. The Morgan fingerprint density at radius 2 is 2.15 bits per heavy atom. The second-order valence-electron chi connectivity index (χ2n) is 7.03. The minimum atomic E-state index is -0.348. The van der Waals surface area contributed by atoms with Gasteiger partial charge in [-0.05, 0) is 30.7 Å². The molecule has 1 atom stereocenters. The Morgan fingerprint density at radius 1 is 1.44 bits per heavy atom. The molecule has 0 radical (unpaired) electrons. The second kappa shape index (κ2) is 7.04. The van der Waals surface area contributed by atoms with E-state index in [2.05, 4.69) is 11.6 Å². The highest BCUT2D eigenvalue weighted by molar-refractivity contribution is 6.33. The lowest BCUT2D eigenvalue weighted by atomic mass is 9.86. The van der Waals surface area contributed by atoms with Gasteiger partial charge in [0.2, 0.25) is 5.91 Å². The van der Waals surface area contributed by atoms with Crippen LogP contribution in [0.15, 0.2) is 36.9 Å². The third-order valence-corrected chi connectivity index (χ3v) is 5.48. The van der Waals surface area contributed by atoms with Crippen LogP contribution < -0.4 is 11.5 Å². The Hall–Kier alpha value is -2.86. The van der Waals surface area contributed by atoms with E-state index in [1.807, 2.05) is 6.92 Å². The molecular weight excluding hydrogens is 364 g/mol. The van der Waals surface area contributed by atoms with E-state index in [4.69, 9.17) is 23.1 Å². The van der Waals surface area contributed by atoms with Gasteiger partial charge in [-0.2, -0.15) is 0 Å². The Balaban J connectivity index is 1.96. The van der Waals surface area contributed by atoms with E-state index in [0.29, 0.717) is 40.8 Å². The van der Waals surface area contributed by atoms with Gasteiger partial charge < -0.3 is 26.5 Å². The van der Waals surface area contributed by atoms with E-state index in [-0.39, 0.29) is 17.1 Å². The minimum absolute atomic E-state index is 0.0815. The van der Waals surface area contributed by atoms with Crippen LogP contribution in [0.2, 0.25) is 5.02 Å². The van der Waals surface area contributed by atoms with Crippen molar-refractivity contribution in [2.24, 2.45) is 5.73 Å². The molecule has 1 aromatic heterocycles. The van der Waals surface area contributed by atoms with E-state index >= 15 is 0 Å². The molecule has 1 aliphatic rings. The number of benzene rings is 1. The summed E-state index contributed by atoms with van der Waals surface area (Å²) >= 11 is 6.63. The molecule has 0 bridgehead atoms. The van der Waals surface area contributed by atoms with Crippen molar-refractivity contribution in [1.82, 2.24) is 9.88 Å². The molecule has 142 valence electrons. The zero-order chi connectivity index (χ0) is 19.8. The molecule has 0 spiro atoms. The molecule has 1 saturated heterocycles. The van der Waals surface area contributed by atoms with E-state index < -0.39 is 0 Å². The number of carbonyl (C=O) groups is 1. The largest absolute Gasteiger partial charge is 0.507 e. The van der Waals surface area contributed by atoms with Crippen LogP contribution in [0.25, 0.3) is 11.8 Å². The van der Waals surface area contributed by atoms with Crippen molar-refractivity contribution in [3.8, 4) is 5.75 Å². The lowest BCUT2D eigenvalue weighted by Crippen LogP contribution is -2.32. The number of aromatic nitrogens is 1. The number of halogens is 1. The smallest absolute Gasteiger partial charge is 0.245 e. The summed E-state index contributed by atoms with van der Waals surface area (Å²) in [4.78, 5) is 16.8. The Kier molecular flexibility index (Phi) is 4.93. The molecule has 1 aromatic carbocycles. The Morgan fingerprint density at radius 3 is 2.81 bits per heavy atom. The van der Waals surface area contributed by atoms with Crippen molar-refractivity contribution < 1.29 is 9.90 Å². The lowest BCUT2D eigenvalue weighted by molar-refractivity contribution is -0.125. The SMILES string of the molecule is C=CC(=O)N1CCC(C)(c2[nH]c(N)c(/C=C(\N)c3ccccc3O)c2Cl)C1. The molecule has 3 rings (SSSR count). The monoisotopic (exact) mass is 386 g/mol. The number of likely N-dealkylation sites (tertiary alicyclic amines) is 1. The minimum Gasteiger partial charge on any atom is -0.507 e. The Labute approximate surface area is 163 Å². The fourth-order valence-electron chi connectivity index (χ4n) is 3.50. The number of nitrogens with one attached hydrogen (secondary N) is 1. The van der Waals surface area contributed by atoms with E-state index in [1.54, 1.807) is 35.2 Å². The molecule has 27 heavy (non-hydrogen) atoms. The summed E-state index contributed by atoms with van der Waals surface area (Å²) in [5, 5.41) is 10.5. The van der Waals surface area contributed by atoms with Gasteiger partial charge in [0.1, 0.15) is 11.6 Å². The number of aromatic hydroxyl groups is 1. The van der Waals surface area contributed by atoms with E-state index in [0.717, 1.165) is 12.1 Å². The van der Waals surface area contributed by atoms with Gasteiger partial charge >= 0.3 is 0 Å². The van der Waals surface area contributed by atoms with Crippen LogP contribution in [-0.2, 0) is 10.2 Å². The van der Waals surface area contributed by atoms with Crippen molar-refractivity contribution in [3.05, 3.63) is 58.8 Å². The number of amides is 1. The number of nitrogen functional groups attached to an aromatic ring is 1. The third kappa shape index (κ3) is 3.40. The summed E-state index contributed by atoms with van der Waals surface area (Å²) in [6.07, 6.45) is 3.72. The van der Waals surface area contributed by atoms with Crippen LogP contribution in [0, 0.1) is 0 Å². The van der Waals surface area contributed by atoms with Crippen LogP contribution in [-0.4, -0.2) is 34.0 Å². The number of phenols is 1. The highest BCUT2D eigenvalue weighted by Gasteiger charge is 2.40. The maximum atomic E-state index is 11.9. The van der Waals surface area contributed by atoms with Crippen molar-refractivity contribution in [1.29, 1.82) is 0 Å². The lowest BCUT2D eigenvalue weighted by Gasteiger charge is -2.24. The molecule has 7 heteroatoms. The van der Waals surface area contributed by atoms with Gasteiger partial charge in [0.05, 0.1) is 5.02 Å². The van der Waals surface area contributed by atoms with Crippen molar-refractivity contribution in [2.75, 3.05) is 18.8 Å². The molecule has 0 aliphatic carbocycles. The van der Waals surface area contributed by atoms with E-state index in [9.17, 15) is 9.90 Å². The maximum absolute atomic E-state index is 11.9. The first-order chi connectivity index (χ1) is 12.8. The third-order valence-electron chi connectivity index (χ3n) is 5.08. The van der Waals surface area contributed by atoms with Gasteiger partial charge in [0.25, 0.3) is 0 Å². The highest BCUT2D eigenvalue weighted by atomic mass is 35.5. The molecule has 0 saturated carbocycles. The van der Waals surface area contributed by atoms with Crippen LogP contribution in [0.3, 0.4) is 0 Å². The molecule has 1 amide bonds. The highest BCUT2D eigenvalue weighted by Crippen LogP contribution is 2.41. The number of nitrogens with zero attached hydrogens (tertiary/aromatic N) is 1. The maximum Gasteiger partial charge on any atom is 0.245 e. The number of H-pyrrole nitrogens is 1. The molecule has 1 unspecified atom stereocenters. The number of nitrogens with two attached hydrogens (primary N) is 2. The topological polar surface area (TPSA) is 108 Å². The van der Waals surface area contributed by atoms with Gasteiger partial charge in [-0.15, -0.1) is 0 Å². The Bertz CT molecular complexity index is 934. The van der Waals surface area contributed by atoms with Gasteiger partial charge in [-0.25, -0.2) is 0 Å². The predicted octanol–water partition coefficient (Wildman–Crippen LogP) is 3.09. The number of hydrogen-bond donors (Lipinski definition) is 4. The van der Waals surface area contributed by atoms with Crippen LogP contribution >= 0.6 is 11.6 Å². The average molecular weight is 387 g/mol. The number of carbonyl (C=O) groups excluding carboxylic acids is 1. The van der Waals surface area contributed by atoms with Gasteiger partial charge in [0.15, 0.2) is 0 Å². The fraction of sp³-hybridized carbons (Fsp3) is 0.250. The predicted molar refractivity (Wildman–Crippen MR) is 109 cm³/mol. The van der Waals surface area contributed by atoms with Gasteiger partial charge in [-0.3, -0.25) is 4.79 Å². The summed E-state index contributed by atoms with van der Waals surface area (Å²) in [5.41, 5.74) is 14.2. The number of aromatic amines is 1. The number of phenolic OH excluding ortho intramolecular Hbond substituents is 1. The first-order valence-corrected chi connectivity index (χ1v) is 8.99. The van der Waals surface area contributed by atoms with Crippen LogP contribution in [0.4, 0.5) is 5.82 Å². The first kappa shape index (κ1) is 18.9. The summed E-state index contributed by atoms with van der Waals surface area (Å²) in [7, 11) is 0. The first-order valence-electron chi connectivity index (χ1n) is 8.61. The van der Waals surface area contributed by atoms with Gasteiger partial charge in [-0.1, -0.05) is 37.2 Å². The van der Waals surface area contributed by atoms with Gasteiger partial charge in [0, 0.05) is 41.0 Å². The number of para-hydroxylation sites is 1. The van der Waals surface area contributed by atoms with Crippen LogP contribution in [0.1, 0.15) is 30.2 Å². The quantitative estimate of drug-likeness (QED) is 0.605. The van der Waals surface area contributed by atoms with Crippen LogP contribution in [0.5, 0.6) is 5.75 Å². The van der Waals surface area contributed by atoms with Crippen molar-refractivity contribution in [2.45, 2.75) is 18.8 Å². The molecule has 6 nitrogen and oxygen atoms in total. The second-order valence-corrected chi connectivity index (χ2v) is 7.41. The summed E-state index contributed by atoms with van der Waals surface area (Å²) in [6, 6.07) is 6.79. The summed E-state index contributed by atoms with van der Waals surface area (Å²) in [6.45, 7) is 6.74. The standard InChI is InChI=1S/C20H23ClN4O2/c1-3-16(27)25-9-8-20(2,11-25)18-17(21)13(19(23)24-18)10-14(22)12-6-4-5-7-15(12)26/h3-7,10,24,26H,1,8-9,11,22-23H2,2H3/b14-10-. The molecule has 1 fully saturated rings. The number of rotatable bonds is 4. The van der Waals surface area contributed by atoms with Crippen molar-refractivity contribution in [3.63, 3.8) is 0 Å². The van der Waals surface area contributed by atoms with E-state index in [1.165, 1.54) is 6.08 Å². The number of hydrogen-bond acceptors (Lipinski definition) is 4. The zero-order valence-corrected chi connectivity index (χ0v) is 15.9. The number of anilines is 1. The molecular formula is C20H23ClN4O2. The molecule has 2 heterocycles. The molecule has 2 aromatic rings. The van der Waals surface area contributed by atoms with Crippen molar-refractivity contribution >= 4 is 35.1 Å². The zero-order valence-electron chi connectivity index (χ0n) is 15.1. The molecule has 1 aliphatic heterocycles. The normalized spacial score (nSPS) is 20.1. The summed E-state index contributed by atoms with van der Waals surface area (Å²) < 4.78 is 0.